The third-order valence-corrected chi connectivity index (χ3v) is 3.64. The smallest absolute Gasteiger partial charge is 0.0858 e. The molecule has 0 aromatic heterocycles. The molecule has 1 N–H and O–H groups in total. The molecule has 0 spiro atoms. The maximum absolute atomic E-state index is 10.3. The van der Waals surface area contributed by atoms with Gasteiger partial charge in [0, 0.05) is 17.5 Å². The van der Waals surface area contributed by atoms with Gasteiger partial charge in [-0.3, -0.25) is 0 Å². The highest BCUT2D eigenvalue weighted by Gasteiger charge is 2.34. The molecule has 0 amide bonds. The Labute approximate surface area is 101 Å². The van der Waals surface area contributed by atoms with Gasteiger partial charge in [0.2, 0.25) is 0 Å². The second-order valence-electron chi connectivity index (χ2n) is 4.24. The Morgan fingerprint density at radius 3 is 2.94 bits per heavy atom. The van der Waals surface area contributed by atoms with E-state index < -0.39 is 6.10 Å². The Morgan fingerprint density at radius 2 is 2.25 bits per heavy atom. The van der Waals surface area contributed by atoms with E-state index in [-0.39, 0.29) is 12.0 Å². The van der Waals surface area contributed by atoms with Crippen molar-refractivity contribution in [1.29, 1.82) is 0 Å². The van der Waals surface area contributed by atoms with Gasteiger partial charge in [-0.15, -0.1) is 0 Å². The zero-order valence-electron chi connectivity index (χ0n) is 9.40. The lowest BCUT2D eigenvalue weighted by atomic mass is 9.89. The first-order valence-corrected chi connectivity index (χ1v) is 6.16. The van der Waals surface area contributed by atoms with Gasteiger partial charge in [0.15, 0.2) is 0 Å². The van der Waals surface area contributed by atoms with Crippen molar-refractivity contribution in [2.75, 3.05) is 6.61 Å². The van der Waals surface area contributed by atoms with E-state index in [1.807, 2.05) is 24.3 Å². The number of rotatable bonds is 3. The SMILES string of the molecule is CCC1OCCC1C(O)c1ccccc1Cl. The third-order valence-electron chi connectivity index (χ3n) is 3.29. The Bertz CT molecular complexity index is 354. The van der Waals surface area contributed by atoms with Crippen LogP contribution < -0.4 is 0 Å². The Balaban J connectivity index is 2.18. The van der Waals surface area contributed by atoms with Gasteiger partial charge in [-0.25, -0.2) is 0 Å². The van der Waals surface area contributed by atoms with Crippen LogP contribution in [0.2, 0.25) is 5.02 Å². The van der Waals surface area contributed by atoms with E-state index in [1.54, 1.807) is 0 Å². The van der Waals surface area contributed by atoms with Crippen molar-refractivity contribution in [2.24, 2.45) is 5.92 Å². The molecule has 3 heteroatoms. The molecule has 1 saturated heterocycles. The van der Waals surface area contributed by atoms with Crippen molar-refractivity contribution in [3.63, 3.8) is 0 Å². The van der Waals surface area contributed by atoms with Crippen molar-refractivity contribution in [3.8, 4) is 0 Å². The molecular weight excluding hydrogens is 224 g/mol. The average Bonchev–Trinajstić information content (AvgIpc) is 2.77. The highest BCUT2D eigenvalue weighted by molar-refractivity contribution is 6.31. The van der Waals surface area contributed by atoms with Crippen molar-refractivity contribution in [3.05, 3.63) is 34.9 Å². The number of hydrogen-bond donors (Lipinski definition) is 1. The monoisotopic (exact) mass is 240 g/mol. The summed E-state index contributed by atoms with van der Waals surface area (Å²) in [6.07, 6.45) is 1.49. The first-order valence-electron chi connectivity index (χ1n) is 5.78. The molecule has 2 nitrogen and oxygen atoms in total. The first kappa shape index (κ1) is 11.9. The lowest BCUT2D eigenvalue weighted by Crippen LogP contribution is -2.22. The summed E-state index contributed by atoms with van der Waals surface area (Å²) in [4.78, 5) is 0. The summed E-state index contributed by atoms with van der Waals surface area (Å²) in [5, 5.41) is 11.0. The zero-order valence-corrected chi connectivity index (χ0v) is 10.2. The molecule has 1 aromatic rings. The maximum Gasteiger partial charge on any atom is 0.0858 e. The first-order chi connectivity index (χ1) is 7.74. The predicted octanol–water partition coefficient (Wildman–Crippen LogP) is 3.19. The molecule has 1 heterocycles. The van der Waals surface area contributed by atoms with Crippen LogP contribution in [-0.2, 0) is 4.74 Å². The summed E-state index contributed by atoms with van der Waals surface area (Å²) >= 11 is 6.09. The van der Waals surface area contributed by atoms with Gasteiger partial charge < -0.3 is 9.84 Å². The fraction of sp³-hybridized carbons (Fsp3) is 0.538. The molecule has 2 rings (SSSR count). The molecular formula is C13H17ClO2. The number of halogens is 1. The van der Waals surface area contributed by atoms with Gasteiger partial charge in [0.05, 0.1) is 12.2 Å². The van der Waals surface area contributed by atoms with Crippen molar-refractivity contribution >= 4 is 11.6 Å². The molecule has 0 saturated carbocycles. The fourth-order valence-corrected chi connectivity index (χ4v) is 2.64. The minimum Gasteiger partial charge on any atom is -0.388 e. The Kier molecular flexibility index (Phi) is 3.85. The normalized spacial score (nSPS) is 26.9. The number of benzene rings is 1. The summed E-state index contributed by atoms with van der Waals surface area (Å²) in [6.45, 7) is 2.83. The summed E-state index contributed by atoms with van der Waals surface area (Å²) < 4.78 is 5.59. The molecule has 3 unspecified atom stereocenters. The van der Waals surface area contributed by atoms with E-state index in [2.05, 4.69) is 6.92 Å². The molecule has 0 bridgehead atoms. The largest absolute Gasteiger partial charge is 0.388 e. The maximum atomic E-state index is 10.3. The van der Waals surface area contributed by atoms with Crippen LogP contribution in [0.15, 0.2) is 24.3 Å². The van der Waals surface area contributed by atoms with E-state index in [9.17, 15) is 5.11 Å². The summed E-state index contributed by atoms with van der Waals surface area (Å²) in [6, 6.07) is 7.48. The molecule has 1 fully saturated rings. The number of hydrogen-bond acceptors (Lipinski definition) is 2. The quantitative estimate of drug-likeness (QED) is 0.879. The van der Waals surface area contributed by atoms with Gasteiger partial charge in [0.1, 0.15) is 0 Å². The number of aliphatic hydroxyl groups is 1. The molecule has 1 aliphatic heterocycles. The molecule has 0 radical (unpaired) electrons. The molecule has 0 aliphatic carbocycles. The molecule has 1 aliphatic rings. The van der Waals surface area contributed by atoms with E-state index in [4.69, 9.17) is 16.3 Å². The van der Waals surface area contributed by atoms with Crippen LogP contribution in [-0.4, -0.2) is 17.8 Å². The number of ether oxygens (including phenoxy) is 1. The van der Waals surface area contributed by atoms with Gasteiger partial charge in [0.25, 0.3) is 0 Å². The van der Waals surface area contributed by atoms with Gasteiger partial charge in [-0.05, 0) is 24.5 Å². The minimum atomic E-state index is -0.513. The second kappa shape index (κ2) is 5.17. The van der Waals surface area contributed by atoms with Crippen LogP contribution in [0.4, 0.5) is 0 Å². The standard InChI is InChI=1S/C13H17ClO2/c1-2-12-10(7-8-16-12)13(15)9-5-3-4-6-11(9)14/h3-6,10,12-13,15H,2,7-8H2,1H3. The minimum absolute atomic E-state index is 0.159. The van der Waals surface area contributed by atoms with Crippen LogP contribution in [0.3, 0.4) is 0 Å². The van der Waals surface area contributed by atoms with Crippen LogP contribution in [0.5, 0.6) is 0 Å². The van der Waals surface area contributed by atoms with Gasteiger partial charge >= 0.3 is 0 Å². The highest BCUT2D eigenvalue weighted by Crippen LogP contribution is 2.37. The topological polar surface area (TPSA) is 29.5 Å². The van der Waals surface area contributed by atoms with E-state index in [0.29, 0.717) is 5.02 Å². The zero-order chi connectivity index (χ0) is 11.5. The van der Waals surface area contributed by atoms with E-state index >= 15 is 0 Å². The third kappa shape index (κ3) is 2.24. The predicted molar refractivity (Wildman–Crippen MR) is 64.5 cm³/mol. The Hall–Kier alpha value is -0.570. The second-order valence-corrected chi connectivity index (χ2v) is 4.64. The average molecular weight is 241 g/mol. The van der Waals surface area contributed by atoms with Gasteiger partial charge in [-0.2, -0.15) is 0 Å². The van der Waals surface area contributed by atoms with Crippen LogP contribution in [0, 0.1) is 5.92 Å². The number of aliphatic hydroxyl groups excluding tert-OH is 1. The van der Waals surface area contributed by atoms with Crippen LogP contribution in [0.25, 0.3) is 0 Å². The molecule has 1 aromatic carbocycles. The van der Waals surface area contributed by atoms with Crippen LogP contribution in [0.1, 0.15) is 31.4 Å². The highest BCUT2D eigenvalue weighted by atomic mass is 35.5. The van der Waals surface area contributed by atoms with Crippen molar-refractivity contribution in [2.45, 2.75) is 32.0 Å². The van der Waals surface area contributed by atoms with Crippen molar-refractivity contribution < 1.29 is 9.84 Å². The Morgan fingerprint density at radius 1 is 1.50 bits per heavy atom. The van der Waals surface area contributed by atoms with Gasteiger partial charge in [-0.1, -0.05) is 36.7 Å². The summed E-state index contributed by atoms with van der Waals surface area (Å²) in [5.74, 6) is 0.171. The van der Waals surface area contributed by atoms with Crippen molar-refractivity contribution in [1.82, 2.24) is 0 Å². The van der Waals surface area contributed by atoms with Crippen LogP contribution >= 0.6 is 11.6 Å². The fourth-order valence-electron chi connectivity index (χ4n) is 2.39. The molecule has 88 valence electrons. The summed E-state index contributed by atoms with van der Waals surface area (Å²) in [5.41, 5.74) is 0.818. The molecule has 16 heavy (non-hydrogen) atoms. The summed E-state index contributed by atoms with van der Waals surface area (Å²) in [7, 11) is 0. The van der Waals surface area contributed by atoms with E-state index in [0.717, 1.165) is 25.0 Å². The lowest BCUT2D eigenvalue weighted by Gasteiger charge is -2.23. The molecule has 3 atom stereocenters. The van der Waals surface area contributed by atoms with E-state index in [1.165, 1.54) is 0 Å². The lowest BCUT2D eigenvalue weighted by molar-refractivity contribution is 0.0308.